The highest BCUT2D eigenvalue weighted by Gasteiger charge is 2.26. The highest BCUT2D eigenvalue weighted by Crippen LogP contribution is 2.44. The van der Waals surface area contributed by atoms with Gasteiger partial charge in [0.15, 0.2) is 5.84 Å². The number of furan rings is 1. The fourth-order valence-corrected chi connectivity index (χ4v) is 13.0. The van der Waals surface area contributed by atoms with Gasteiger partial charge < -0.3 is 14.3 Å². The van der Waals surface area contributed by atoms with Crippen LogP contribution >= 0.6 is 0 Å². The van der Waals surface area contributed by atoms with E-state index in [-0.39, 0.29) is 0 Å². The van der Waals surface area contributed by atoms with Crippen molar-refractivity contribution >= 4 is 131 Å². The van der Waals surface area contributed by atoms with Crippen LogP contribution in [0, 0.1) is 0 Å². The number of rotatable bonds is 5. The minimum atomic E-state index is -0.471. The second kappa shape index (κ2) is 16.6. The second-order valence-corrected chi connectivity index (χ2v) is 20.8. The van der Waals surface area contributed by atoms with Gasteiger partial charge in [-0.25, -0.2) is 9.98 Å². The average molecular weight is 993 g/mol. The number of nitrogens with zero attached hydrogens (tertiary/aromatic N) is 3. The molecule has 78 heavy (non-hydrogen) atoms. The van der Waals surface area contributed by atoms with Gasteiger partial charge in [-0.05, 0) is 147 Å². The van der Waals surface area contributed by atoms with E-state index in [0.29, 0.717) is 5.84 Å². The van der Waals surface area contributed by atoms with Crippen LogP contribution in [0.4, 0.5) is 0 Å². The first-order valence-corrected chi connectivity index (χ1v) is 26.7. The summed E-state index contributed by atoms with van der Waals surface area (Å²) in [7, 11) is 0. The van der Waals surface area contributed by atoms with Crippen LogP contribution in [0.15, 0.2) is 269 Å². The van der Waals surface area contributed by atoms with E-state index in [9.17, 15) is 0 Å². The van der Waals surface area contributed by atoms with E-state index >= 15 is 0 Å². The number of benzene rings is 14. The number of hydrogen-bond acceptors (Lipinski definition) is 4. The predicted molar refractivity (Wildman–Crippen MR) is 328 cm³/mol. The van der Waals surface area contributed by atoms with E-state index in [2.05, 4.69) is 259 Å². The zero-order valence-corrected chi connectivity index (χ0v) is 42.1. The Kier molecular flexibility index (Phi) is 9.12. The standard InChI is InChI=1S/C73H44N4O/c1-2-17-44-42-67-63(38-43(44)16-1)58-26-11-13-29-65(58)77(67)66-37-34-47(41-64(66)59-28-15-31-69-70(59)60-27-12-14-30-68(60)78-69)73-75-71(45-32-35-56-52-22-5-3-18-48(52)50-20-7-9-24-54(50)61(56)39-45)74-72(76-73)46-33-36-57-53-23-6-4-19-49(53)51-21-8-10-25-55(51)62(57)40-46/h1-42,71H,(H,74,75,76). The number of fused-ring (bicyclic) bond motifs is 19. The monoisotopic (exact) mass is 992 g/mol. The lowest BCUT2D eigenvalue weighted by Gasteiger charge is -2.25. The Balaban J connectivity index is 0.928. The first-order valence-electron chi connectivity index (χ1n) is 26.7. The van der Waals surface area contributed by atoms with E-state index in [1.54, 1.807) is 0 Å². The molecule has 0 aliphatic carbocycles. The van der Waals surface area contributed by atoms with Gasteiger partial charge in [-0.3, -0.25) is 0 Å². The Morgan fingerprint density at radius 2 is 0.872 bits per heavy atom. The zero-order chi connectivity index (χ0) is 51.0. The minimum Gasteiger partial charge on any atom is -0.456 e. The van der Waals surface area contributed by atoms with Crippen molar-refractivity contribution < 1.29 is 4.42 Å². The normalized spacial score (nSPS) is 14.0. The summed E-state index contributed by atoms with van der Waals surface area (Å²) in [6.07, 6.45) is -0.471. The molecule has 5 heteroatoms. The number of nitrogens with one attached hydrogen (secondary N) is 1. The van der Waals surface area contributed by atoms with Crippen molar-refractivity contribution in [3.05, 3.63) is 271 Å². The molecule has 0 amide bonds. The third-order valence-electron chi connectivity index (χ3n) is 16.6. The smallest absolute Gasteiger partial charge is 0.159 e. The van der Waals surface area contributed by atoms with E-state index < -0.39 is 6.17 Å². The summed E-state index contributed by atoms with van der Waals surface area (Å²) in [5.74, 6) is 1.40. The lowest BCUT2D eigenvalue weighted by molar-refractivity contribution is 0.669. The van der Waals surface area contributed by atoms with Gasteiger partial charge in [-0.1, -0.05) is 194 Å². The van der Waals surface area contributed by atoms with Crippen molar-refractivity contribution in [2.75, 3.05) is 0 Å². The molecule has 0 saturated heterocycles. The highest BCUT2D eigenvalue weighted by molar-refractivity contribution is 6.28. The molecule has 1 unspecified atom stereocenters. The van der Waals surface area contributed by atoms with Crippen molar-refractivity contribution in [3.8, 4) is 16.8 Å². The van der Waals surface area contributed by atoms with Crippen molar-refractivity contribution in [1.29, 1.82) is 0 Å². The number of amidine groups is 2. The molecule has 1 aliphatic rings. The largest absolute Gasteiger partial charge is 0.456 e. The quantitative estimate of drug-likeness (QED) is 0.175. The molecule has 1 atom stereocenters. The summed E-state index contributed by atoms with van der Waals surface area (Å²) in [5.41, 5.74) is 10.1. The first-order chi connectivity index (χ1) is 38.7. The molecule has 3 heterocycles. The molecule has 362 valence electrons. The number of hydrogen-bond donors (Lipinski definition) is 1. The highest BCUT2D eigenvalue weighted by atomic mass is 16.3. The SMILES string of the molecule is c1ccc2cc3c(cc2c1)c1ccccc1n3-c1ccc(C2=NC(c3ccc4c5ccccc5c5ccccc5c4c3)NC(c3ccc4c5ccccc5c5ccccc5c4c3)=N2)cc1-c1cccc2oc3ccccc3c12. The molecule has 0 saturated carbocycles. The molecule has 0 spiro atoms. The Morgan fingerprint density at radius 1 is 0.346 bits per heavy atom. The summed E-state index contributed by atoms with van der Waals surface area (Å²) in [4.78, 5) is 11.3. The molecule has 0 radical (unpaired) electrons. The van der Waals surface area contributed by atoms with Crippen LogP contribution in [0.25, 0.3) is 136 Å². The van der Waals surface area contributed by atoms with Crippen molar-refractivity contribution in [3.63, 3.8) is 0 Å². The first kappa shape index (κ1) is 42.9. The fourth-order valence-electron chi connectivity index (χ4n) is 13.0. The van der Waals surface area contributed by atoms with Gasteiger partial charge in [0.05, 0.1) is 16.7 Å². The van der Waals surface area contributed by atoms with Crippen LogP contribution in [0.1, 0.15) is 22.9 Å². The summed E-state index contributed by atoms with van der Waals surface area (Å²) in [6.45, 7) is 0. The zero-order valence-electron chi connectivity index (χ0n) is 42.1. The average Bonchev–Trinajstić information content (AvgIpc) is 4.20. The number of aliphatic imine (C=N–C) groups is 2. The Morgan fingerprint density at radius 3 is 1.55 bits per heavy atom. The van der Waals surface area contributed by atoms with Crippen LogP contribution in [0.3, 0.4) is 0 Å². The van der Waals surface area contributed by atoms with Gasteiger partial charge in [-0.2, -0.15) is 0 Å². The molecule has 5 nitrogen and oxygen atoms in total. The van der Waals surface area contributed by atoms with Crippen molar-refractivity contribution in [2.24, 2.45) is 9.98 Å². The van der Waals surface area contributed by atoms with E-state index in [1.807, 2.05) is 6.07 Å². The second-order valence-electron chi connectivity index (χ2n) is 20.8. The third kappa shape index (κ3) is 6.36. The summed E-state index contributed by atoms with van der Waals surface area (Å²) in [5, 5.41) is 25.5. The summed E-state index contributed by atoms with van der Waals surface area (Å²) < 4.78 is 9.06. The van der Waals surface area contributed by atoms with E-state index in [1.165, 1.54) is 86.2 Å². The van der Waals surface area contributed by atoms with Gasteiger partial charge in [0, 0.05) is 38.2 Å². The molecule has 0 bridgehead atoms. The van der Waals surface area contributed by atoms with Crippen LogP contribution in [-0.2, 0) is 0 Å². The van der Waals surface area contributed by atoms with E-state index in [0.717, 1.165) is 72.3 Å². The number of aromatic nitrogens is 1. The summed E-state index contributed by atoms with van der Waals surface area (Å²) >= 11 is 0. The molecule has 16 aromatic rings. The van der Waals surface area contributed by atoms with Crippen LogP contribution in [-0.4, -0.2) is 16.2 Å². The Hall–Kier alpha value is -10.4. The lowest BCUT2D eigenvalue weighted by atomic mass is 9.92. The topological polar surface area (TPSA) is 54.8 Å². The third-order valence-corrected chi connectivity index (χ3v) is 16.6. The van der Waals surface area contributed by atoms with E-state index in [4.69, 9.17) is 14.4 Å². The molecule has 2 aromatic heterocycles. The van der Waals surface area contributed by atoms with Crippen molar-refractivity contribution in [2.45, 2.75) is 6.17 Å². The molecule has 14 aromatic carbocycles. The Bertz CT molecular complexity index is 5260. The van der Waals surface area contributed by atoms with Gasteiger partial charge in [0.1, 0.15) is 23.2 Å². The van der Waals surface area contributed by atoms with Gasteiger partial charge in [0.2, 0.25) is 0 Å². The molecule has 17 rings (SSSR count). The summed E-state index contributed by atoms with van der Waals surface area (Å²) in [6, 6.07) is 92.5. The maximum absolute atomic E-state index is 6.61. The molecule has 1 aliphatic heterocycles. The van der Waals surface area contributed by atoms with Gasteiger partial charge >= 0.3 is 0 Å². The molecular formula is C73H44N4O. The predicted octanol–water partition coefficient (Wildman–Crippen LogP) is 18.9. The van der Waals surface area contributed by atoms with Crippen LogP contribution in [0.2, 0.25) is 0 Å². The molecule has 1 N–H and O–H groups in total. The van der Waals surface area contributed by atoms with Gasteiger partial charge in [0.25, 0.3) is 0 Å². The maximum Gasteiger partial charge on any atom is 0.159 e. The minimum absolute atomic E-state index is 0.471. The van der Waals surface area contributed by atoms with Crippen LogP contribution < -0.4 is 5.32 Å². The van der Waals surface area contributed by atoms with Gasteiger partial charge in [-0.15, -0.1) is 0 Å². The molecule has 0 fully saturated rings. The Labute approximate surface area is 447 Å². The molecular weight excluding hydrogens is 949 g/mol. The maximum atomic E-state index is 6.61. The lowest BCUT2D eigenvalue weighted by Crippen LogP contribution is -2.33. The fraction of sp³-hybridized carbons (Fsp3) is 0.0137. The van der Waals surface area contributed by atoms with Crippen LogP contribution in [0.5, 0.6) is 0 Å². The number of para-hydroxylation sites is 2. The van der Waals surface area contributed by atoms with Crippen molar-refractivity contribution in [1.82, 2.24) is 9.88 Å².